The van der Waals surface area contributed by atoms with Gasteiger partial charge in [0.2, 0.25) is 0 Å². The summed E-state index contributed by atoms with van der Waals surface area (Å²) >= 11 is 5.55. The third-order valence-corrected chi connectivity index (χ3v) is 5.08. The summed E-state index contributed by atoms with van der Waals surface area (Å²) in [5.41, 5.74) is -1.24. The van der Waals surface area contributed by atoms with Gasteiger partial charge in [0.25, 0.3) is 5.89 Å². The van der Waals surface area contributed by atoms with E-state index in [9.17, 15) is 22.0 Å². The Bertz CT molecular complexity index is 1180. The zero-order chi connectivity index (χ0) is 21.6. The number of alkyl halides is 3. The van der Waals surface area contributed by atoms with Gasteiger partial charge in [-0.15, -0.1) is 0 Å². The third kappa shape index (κ3) is 3.35. The Hall–Kier alpha value is -3.19. The Kier molecular flexibility index (Phi) is 4.86. The molecule has 2 heterocycles. The van der Waals surface area contributed by atoms with Crippen molar-refractivity contribution >= 4 is 17.3 Å². The highest BCUT2D eigenvalue weighted by Gasteiger charge is 2.39. The summed E-state index contributed by atoms with van der Waals surface area (Å²) in [6.45, 7) is 0.240. The maximum Gasteiger partial charge on any atom is 0.418 e. The summed E-state index contributed by atoms with van der Waals surface area (Å²) in [6.07, 6.45) is -4.57. The molecule has 0 fully saturated rings. The van der Waals surface area contributed by atoms with Crippen LogP contribution in [0.2, 0.25) is 5.02 Å². The van der Waals surface area contributed by atoms with E-state index in [-0.39, 0.29) is 42.4 Å². The number of halogens is 6. The van der Waals surface area contributed by atoms with E-state index in [0.29, 0.717) is 5.69 Å². The highest BCUT2D eigenvalue weighted by Crippen LogP contribution is 2.42. The first-order chi connectivity index (χ1) is 14.2. The third-order valence-electron chi connectivity index (χ3n) is 4.73. The zero-order valence-electron chi connectivity index (χ0n) is 14.9. The van der Waals surface area contributed by atoms with Gasteiger partial charge < -0.3 is 9.42 Å². The van der Waals surface area contributed by atoms with Gasteiger partial charge in [0.05, 0.1) is 29.3 Å². The molecule has 0 N–H and O–H groups in total. The second-order valence-electron chi connectivity index (χ2n) is 6.51. The molecule has 0 saturated heterocycles. The van der Waals surface area contributed by atoms with Crippen LogP contribution in [0, 0.1) is 23.0 Å². The van der Waals surface area contributed by atoms with Gasteiger partial charge in [-0.05, 0) is 36.2 Å². The molecule has 0 bridgehead atoms. The highest BCUT2D eigenvalue weighted by atomic mass is 35.5. The Morgan fingerprint density at radius 2 is 1.97 bits per heavy atom. The van der Waals surface area contributed by atoms with E-state index in [2.05, 4.69) is 10.1 Å². The molecular formula is C19H10ClF5N4O. The predicted octanol–water partition coefficient (Wildman–Crippen LogP) is 5.12. The number of nitriles is 1. The van der Waals surface area contributed by atoms with Crippen LogP contribution in [0.4, 0.5) is 27.6 Å². The van der Waals surface area contributed by atoms with Crippen molar-refractivity contribution < 1.29 is 26.5 Å². The molecule has 4 rings (SSSR count). The quantitative estimate of drug-likeness (QED) is 0.417. The summed E-state index contributed by atoms with van der Waals surface area (Å²) in [5, 5.41) is 12.0. The lowest BCUT2D eigenvalue weighted by Gasteiger charge is -2.19. The molecule has 1 aliphatic rings. The van der Waals surface area contributed by atoms with Crippen molar-refractivity contribution in [3.8, 4) is 17.5 Å². The largest absolute Gasteiger partial charge is 0.418 e. The highest BCUT2D eigenvalue weighted by molar-refractivity contribution is 6.31. The normalized spacial score (nSPS) is 13.4. The molecule has 30 heavy (non-hydrogen) atoms. The molecule has 1 aliphatic heterocycles. The number of aromatic nitrogens is 2. The van der Waals surface area contributed by atoms with E-state index < -0.39 is 34.0 Å². The molecule has 0 saturated carbocycles. The standard InChI is InChI=1S/C19H10ClF5N4O/c20-16-12(21)3-2-11(17(16)22)18-27-14(28-30-18)8-29-6-5-10-13(29)4-1-9(7-26)15(10)19(23,24)25/h1-4H,5-6,8H2. The van der Waals surface area contributed by atoms with Crippen LogP contribution >= 0.6 is 11.6 Å². The van der Waals surface area contributed by atoms with Crippen LogP contribution < -0.4 is 4.90 Å². The molecule has 2 aromatic carbocycles. The molecular weight excluding hydrogens is 431 g/mol. The molecule has 11 heteroatoms. The van der Waals surface area contributed by atoms with Crippen molar-refractivity contribution in [3.05, 3.63) is 63.4 Å². The van der Waals surface area contributed by atoms with E-state index in [4.69, 9.17) is 21.4 Å². The van der Waals surface area contributed by atoms with E-state index >= 15 is 0 Å². The number of hydrogen-bond donors (Lipinski definition) is 0. The summed E-state index contributed by atoms with van der Waals surface area (Å²) < 4.78 is 72.8. The lowest BCUT2D eigenvalue weighted by molar-refractivity contribution is -0.138. The zero-order valence-corrected chi connectivity index (χ0v) is 15.7. The van der Waals surface area contributed by atoms with Crippen molar-refractivity contribution in [1.29, 1.82) is 5.26 Å². The van der Waals surface area contributed by atoms with Crippen LogP contribution in [0.25, 0.3) is 11.5 Å². The van der Waals surface area contributed by atoms with Gasteiger partial charge in [0, 0.05) is 12.2 Å². The molecule has 0 unspecified atom stereocenters. The molecule has 0 atom stereocenters. The minimum atomic E-state index is -4.66. The van der Waals surface area contributed by atoms with Crippen LogP contribution in [0.3, 0.4) is 0 Å². The Balaban J connectivity index is 1.64. The number of hydrogen-bond acceptors (Lipinski definition) is 5. The summed E-state index contributed by atoms with van der Waals surface area (Å²) in [4.78, 5) is 5.64. The van der Waals surface area contributed by atoms with E-state index in [1.807, 2.05) is 0 Å². The van der Waals surface area contributed by atoms with Crippen molar-refractivity contribution in [2.45, 2.75) is 19.1 Å². The topological polar surface area (TPSA) is 66.0 Å². The molecule has 5 nitrogen and oxygen atoms in total. The van der Waals surface area contributed by atoms with Gasteiger partial charge in [-0.2, -0.15) is 23.4 Å². The van der Waals surface area contributed by atoms with Crippen molar-refractivity contribution in [1.82, 2.24) is 10.1 Å². The number of benzene rings is 2. The molecule has 3 aromatic rings. The maximum absolute atomic E-state index is 14.1. The number of rotatable bonds is 3. The smallest absolute Gasteiger partial charge is 0.363 e. The first-order valence-electron chi connectivity index (χ1n) is 8.55. The molecule has 154 valence electrons. The molecule has 0 spiro atoms. The second-order valence-corrected chi connectivity index (χ2v) is 6.88. The van der Waals surface area contributed by atoms with Crippen LogP contribution in [-0.2, 0) is 19.1 Å². The summed E-state index contributed by atoms with van der Waals surface area (Å²) in [5.74, 6) is -2.14. The fraction of sp³-hybridized carbons (Fsp3) is 0.211. The van der Waals surface area contributed by atoms with Gasteiger partial charge in [0.15, 0.2) is 11.6 Å². The minimum absolute atomic E-state index is 0.00373. The van der Waals surface area contributed by atoms with Crippen LogP contribution in [-0.4, -0.2) is 16.7 Å². The Morgan fingerprint density at radius 3 is 2.67 bits per heavy atom. The maximum atomic E-state index is 14.1. The number of nitrogens with zero attached hydrogens (tertiary/aromatic N) is 4. The molecule has 1 aromatic heterocycles. The van der Waals surface area contributed by atoms with Gasteiger partial charge in [-0.3, -0.25) is 0 Å². The van der Waals surface area contributed by atoms with Crippen LogP contribution in [0.15, 0.2) is 28.8 Å². The monoisotopic (exact) mass is 440 g/mol. The van der Waals surface area contributed by atoms with Gasteiger partial charge in [0.1, 0.15) is 10.8 Å². The van der Waals surface area contributed by atoms with Gasteiger partial charge in [-0.25, -0.2) is 8.78 Å². The second kappa shape index (κ2) is 7.25. The van der Waals surface area contributed by atoms with E-state index in [1.165, 1.54) is 6.07 Å². The molecule has 0 amide bonds. The SMILES string of the molecule is N#Cc1ccc2c(c1C(F)(F)F)CCN2Cc1noc(-c2ccc(F)c(Cl)c2F)n1. The molecule has 0 radical (unpaired) electrons. The minimum Gasteiger partial charge on any atom is -0.363 e. The predicted molar refractivity (Wildman–Crippen MR) is 95.6 cm³/mol. The van der Waals surface area contributed by atoms with Crippen LogP contribution in [0.1, 0.15) is 22.5 Å². The lowest BCUT2D eigenvalue weighted by Crippen LogP contribution is -2.20. The van der Waals surface area contributed by atoms with Gasteiger partial charge in [-0.1, -0.05) is 16.8 Å². The fourth-order valence-electron chi connectivity index (χ4n) is 3.42. The van der Waals surface area contributed by atoms with Crippen molar-refractivity contribution in [3.63, 3.8) is 0 Å². The Morgan fingerprint density at radius 1 is 1.20 bits per heavy atom. The fourth-order valence-corrected chi connectivity index (χ4v) is 3.59. The molecule has 0 aliphatic carbocycles. The van der Waals surface area contributed by atoms with E-state index in [0.717, 1.165) is 18.2 Å². The average molecular weight is 441 g/mol. The number of fused-ring (bicyclic) bond motifs is 1. The first-order valence-corrected chi connectivity index (χ1v) is 8.93. The Labute approximate surface area is 171 Å². The lowest BCUT2D eigenvalue weighted by atomic mass is 9.99. The van der Waals surface area contributed by atoms with Crippen molar-refractivity contribution in [2.75, 3.05) is 11.4 Å². The summed E-state index contributed by atoms with van der Waals surface area (Å²) in [7, 11) is 0. The van der Waals surface area contributed by atoms with Crippen LogP contribution in [0.5, 0.6) is 0 Å². The first kappa shape index (κ1) is 20.1. The summed E-state index contributed by atoms with van der Waals surface area (Å²) in [6, 6.07) is 6.19. The van der Waals surface area contributed by atoms with Crippen molar-refractivity contribution in [2.24, 2.45) is 0 Å². The van der Waals surface area contributed by atoms with Gasteiger partial charge >= 0.3 is 6.18 Å². The number of anilines is 1. The van der Waals surface area contributed by atoms with E-state index in [1.54, 1.807) is 11.0 Å². The average Bonchev–Trinajstić information content (AvgIpc) is 3.32.